The third-order valence-electron chi connectivity index (χ3n) is 2.86. The van der Waals surface area contributed by atoms with Crippen molar-refractivity contribution in [1.29, 1.82) is 0 Å². The number of ether oxygens (including phenoxy) is 2. The lowest BCUT2D eigenvalue weighted by Crippen LogP contribution is -2.31. The normalized spacial score (nSPS) is 10.7. The minimum absolute atomic E-state index is 0.703. The minimum Gasteiger partial charge on any atom is -0.383 e. The second-order valence-electron chi connectivity index (χ2n) is 4.29. The molecule has 0 atom stereocenters. The lowest BCUT2D eigenvalue weighted by molar-refractivity contribution is 0.190. The first-order valence-electron chi connectivity index (χ1n) is 6.38. The van der Waals surface area contributed by atoms with E-state index in [0.29, 0.717) is 13.2 Å². The van der Waals surface area contributed by atoms with Crippen molar-refractivity contribution >= 4 is 21.6 Å². The van der Waals surface area contributed by atoms with Crippen molar-refractivity contribution in [2.45, 2.75) is 6.54 Å². The number of rotatable bonds is 9. The first kappa shape index (κ1) is 16.4. The van der Waals surface area contributed by atoms with Gasteiger partial charge >= 0.3 is 0 Å². The van der Waals surface area contributed by atoms with Crippen LogP contribution in [0.2, 0.25) is 0 Å². The van der Waals surface area contributed by atoms with Crippen LogP contribution >= 0.6 is 15.9 Å². The number of halogens is 1. The fourth-order valence-corrected chi connectivity index (χ4v) is 2.55. The molecule has 108 valence electrons. The summed E-state index contributed by atoms with van der Waals surface area (Å²) in [6.07, 6.45) is 0. The molecule has 0 radical (unpaired) electrons. The topological polar surface area (TPSA) is 33.7 Å². The number of hydrogen-bond donors (Lipinski definition) is 1. The summed E-state index contributed by atoms with van der Waals surface area (Å²) in [4.78, 5) is 2.26. The Kier molecular flexibility index (Phi) is 8.05. The van der Waals surface area contributed by atoms with Crippen LogP contribution in [0.1, 0.15) is 5.56 Å². The first-order chi connectivity index (χ1) is 9.22. The molecule has 0 aliphatic rings. The van der Waals surface area contributed by atoms with Crippen molar-refractivity contribution in [3.63, 3.8) is 0 Å². The van der Waals surface area contributed by atoms with Crippen LogP contribution in [0, 0.1) is 0 Å². The van der Waals surface area contributed by atoms with Crippen molar-refractivity contribution in [3.8, 4) is 0 Å². The molecule has 0 amide bonds. The molecule has 0 saturated carbocycles. The predicted octanol–water partition coefficient (Wildman–Crippen LogP) is 2.27. The minimum atomic E-state index is 0.703. The number of anilines is 1. The molecule has 0 fully saturated rings. The molecular formula is C14H23BrN2O2. The number of nitrogens with zero attached hydrogens (tertiary/aromatic N) is 1. The van der Waals surface area contributed by atoms with Gasteiger partial charge in [0.25, 0.3) is 0 Å². The molecule has 0 bridgehead atoms. The zero-order valence-electron chi connectivity index (χ0n) is 11.9. The number of benzene rings is 1. The van der Waals surface area contributed by atoms with Crippen molar-refractivity contribution in [3.05, 3.63) is 28.2 Å². The van der Waals surface area contributed by atoms with Crippen molar-refractivity contribution in [2.75, 3.05) is 52.5 Å². The molecule has 1 aromatic rings. The lowest BCUT2D eigenvalue weighted by atomic mass is 10.2. The Labute approximate surface area is 124 Å². The van der Waals surface area contributed by atoms with Crippen LogP contribution in [0.3, 0.4) is 0 Å². The number of nitrogens with one attached hydrogen (secondary N) is 1. The zero-order chi connectivity index (χ0) is 14.1. The second kappa shape index (κ2) is 9.31. The summed E-state index contributed by atoms with van der Waals surface area (Å²) >= 11 is 3.65. The molecule has 5 heteroatoms. The Morgan fingerprint density at radius 2 is 1.79 bits per heavy atom. The van der Waals surface area contributed by atoms with E-state index in [1.165, 1.54) is 11.3 Å². The molecule has 0 aliphatic carbocycles. The summed E-state index contributed by atoms with van der Waals surface area (Å²) in [6, 6.07) is 6.43. The van der Waals surface area contributed by atoms with E-state index in [9.17, 15) is 0 Å². The average molecular weight is 331 g/mol. The van der Waals surface area contributed by atoms with Gasteiger partial charge in [-0.1, -0.05) is 6.07 Å². The Hall–Kier alpha value is -0.620. The van der Waals surface area contributed by atoms with Gasteiger partial charge in [0.1, 0.15) is 0 Å². The van der Waals surface area contributed by atoms with Gasteiger partial charge < -0.3 is 19.7 Å². The van der Waals surface area contributed by atoms with Gasteiger partial charge in [0.2, 0.25) is 0 Å². The molecule has 1 N–H and O–H groups in total. The van der Waals surface area contributed by atoms with E-state index in [4.69, 9.17) is 9.47 Å². The number of methoxy groups -OCH3 is 2. The van der Waals surface area contributed by atoms with Crippen LogP contribution in [-0.2, 0) is 16.0 Å². The van der Waals surface area contributed by atoms with Crippen LogP contribution in [0.4, 0.5) is 5.69 Å². The Morgan fingerprint density at radius 3 is 2.26 bits per heavy atom. The maximum Gasteiger partial charge on any atom is 0.0637 e. The molecule has 0 aliphatic heterocycles. The Bertz CT molecular complexity index is 366. The van der Waals surface area contributed by atoms with Gasteiger partial charge in [-0.25, -0.2) is 0 Å². The highest BCUT2D eigenvalue weighted by atomic mass is 79.9. The highest BCUT2D eigenvalue weighted by Crippen LogP contribution is 2.27. The quantitative estimate of drug-likeness (QED) is 0.753. The van der Waals surface area contributed by atoms with E-state index in [-0.39, 0.29) is 0 Å². The second-order valence-corrected chi connectivity index (χ2v) is 5.14. The Morgan fingerprint density at radius 1 is 1.16 bits per heavy atom. The average Bonchev–Trinajstić information content (AvgIpc) is 2.40. The fraction of sp³-hybridized carbons (Fsp3) is 0.571. The van der Waals surface area contributed by atoms with Gasteiger partial charge in [0.15, 0.2) is 0 Å². The maximum absolute atomic E-state index is 5.17. The van der Waals surface area contributed by atoms with Gasteiger partial charge in [0, 0.05) is 38.3 Å². The molecule has 0 saturated heterocycles. The monoisotopic (exact) mass is 330 g/mol. The van der Waals surface area contributed by atoms with Crippen LogP contribution in [0.25, 0.3) is 0 Å². The summed E-state index contributed by atoms with van der Waals surface area (Å²) in [7, 11) is 5.39. The first-order valence-corrected chi connectivity index (χ1v) is 7.18. The molecule has 1 rings (SSSR count). The standard InChI is InChI=1S/C14H23BrN2O2/c1-16-11-12-4-5-14(13(15)10-12)17(6-8-18-2)7-9-19-3/h4-5,10,16H,6-9,11H2,1-3H3. The molecule has 0 spiro atoms. The summed E-state index contributed by atoms with van der Waals surface area (Å²) in [5.74, 6) is 0. The molecule has 0 heterocycles. The Balaban J connectivity index is 2.81. The largest absolute Gasteiger partial charge is 0.383 e. The highest BCUT2D eigenvalue weighted by Gasteiger charge is 2.10. The highest BCUT2D eigenvalue weighted by molar-refractivity contribution is 9.10. The van der Waals surface area contributed by atoms with E-state index in [2.05, 4.69) is 44.3 Å². The van der Waals surface area contributed by atoms with Gasteiger partial charge in [-0.3, -0.25) is 0 Å². The van der Waals surface area contributed by atoms with E-state index >= 15 is 0 Å². The van der Waals surface area contributed by atoms with E-state index in [1.54, 1.807) is 14.2 Å². The van der Waals surface area contributed by atoms with Gasteiger partial charge in [-0.15, -0.1) is 0 Å². The predicted molar refractivity (Wildman–Crippen MR) is 82.9 cm³/mol. The van der Waals surface area contributed by atoms with E-state index in [1.807, 2.05) is 7.05 Å². The number of hydrogen-bond acceptors (Lipinski definition) is 4. The molecule has 0 aromatic heterocycles. The lowest BCUT2D eigenvalue weighted by Gasteiger charge is -2.25. The summed E-state index contributed by atoms with van der Waals surface area (Å²) in [5, 5.41) is 3.15. The maximum atomic E-state index is 5.17. The molecule has 0 unspecified atom stereocenters. The van der Waals surface area contributed by atoms with Gasteiger partial charge in [-0.05, 0) is 40.7 Å². The SMILES string of the molecule is CNCc1ccc(N(CCOC)CCOC)c(Br)c1. The van der Waals surface area contributed by atoms with E-state index < -0.39 is 0 Å². The molecule has 19 heavy (non-hydrogen) atoms. The van der Waals surface area contributed by atoms with Gasteiger partial charge in [0.05, 0.1) is 18.9 Å². The van der Waals surface area contributed by atoms with Crippen LogP contribution in [-0.4, -0.2) is 47.6 Å². The van der Waals surface area contributed by atoms with Crippen molar-refractivity contribution in [2.24, 2.45) is 0 Å². The zero-order valence-corrected chi connectivity index (χ0v) is 13.5. The summed E-state index contributed by atoms with van der Waals surface area (Å²) in [5.41, 5.74) is 2.44. The molecule has 1 aromatic carbocycles. The molecular weight excluding hydrogens is 308 g/mol. The molecule has 4 nitrogen and oxygen atoms in total. The van der Waals surface area contributed by atoms with Crippen LogP contribution in [0.5, 0.6) is 0 Å². The van der Waals surface area contributed by atoms with Crippen LogP contribution in [0.15, 0.2) is 22.7 Å². The third kappa shape index (κ3) is 5.48. The van der Waals surface area contributed by atoms with Crippen molar-refractivity contribution < 1.29 is 9.47 Å². The van der Waals surface area contributed by atoms with Gasteiger partial charge in [-0.2, -0.15) is 0 Å². The third-order valence-corrected chi connectivity index (χ3v) is 3.50. The smallest absolute Gasteiger partial charge is 0.0637 e. The van der Waals surface area contributed by atoms with E-state index in [0.717, 1.165) is 24.1 Å². The summed E-state index contributed by atoms with van der Waals surface area (Å²) in [6.45, 7) is 3.98. The summed E-state index contributed by atoms with van der Waals surface area (Å²) < 4.78 is 11.4. The fourth-order valence-electron chi connectivity index (χ4n) is 1.88. The van der Waals surface area contributed by atoms with Crippen molar-refractivity contribution in [1.82, 2.24) is 5.32 Å². The van der Waals surface area contributed by atoms with Crippen LogP contribution < -0.4 is 10.2 Å².